The van der Waals surface area contributed by atoms with Crippen molar-refractivity contribution in [3.8, 4) is 0 Å². The van der Waals surface area contributed by atoms with Crippen LogP contribution < -0.4 is 11.1 Å². The summed E-state index contributed by atoms with van der Waals surface area (Å²) in [6.45, 7) is 2.02. The van der Waals surface area contributed by atoms with Crippen molar-refractivity contribution in [3.05, 3.63) is 66.7 Å². The lowest BCUT2D eigenvalue weighted by molar-refractivity contribution is -0.115. The van der Waals surface area contributed by atoms with Crippen LogP contribution in [-0.4, -0.2) is 11.2 Å². The van der Waals surface area contributed by atoms with Gasteiger partial charge in [0.15, 0.2) is 0 Å². The maximum atomic E-state index is 12.7. The van der Waals surface area contributed by atoms with E-state index in [4.69, 9.17) is 5.73 Å². The molecule has 0 radical (unpaired) electrons. The van der Waals surface area contributed by atoms with E-state index in [1.807, 2.05) is 73.7 Å². The molecule has 0 bridgehead atoms. The van der Waals surface area contributed by atoms with Crippen LogP contribution in [-0.2, 0) is 4.79 Å². The Morgan fingerprint density at radius 2 is 1.83 bits per heavy atom. The van der Waals surface area contributed by atoms with E-state index in [9.17, 15) is 4.79 Å². The van der Waals surface area contributed by atoms with E-state index < -0.39 is 0 Å². The number of amides is 1. The summed E-state index contributed by atoms with van der Waals surface area (Å²) in [5.41, 5.74) is 7.39. The van der Waals surface area contributed by atoms with Gasteiger partial charge in [-0.3, -0.25) is 4.79 Å². The van der Waals surface area contributed by atoms with Crippen LogP contribution in [0.4, 0.5) is 11.4 Å². The molecule has 3 nitrogen and oxygen atoms in total. The van der Waals surface area contributed by atoms with E-state index in [0.717, 1.165) is 27.8 Å². The van der Waals surface area contributed by atoms with E-state index in [2.05, 4.69) is 5.32 Å². The first kappa shape index (κ1) is 16.4. The lowest BCUT2D eigenvalue weighted by atomic mass is 10.1. The SMILES string of the molecule is CCC(Sc1cccc(N)c1)C(=O)Nc1cccc2ccccc12. The minimum atomic E-state index is -0.161. The Labute approximate surface area is 146 Å². The monoisotopic (exact) mass is 336 g/mol. The Morgan fingerprint density at radius 1 is 1.08 bits per heavy atom. The Balaban J connectivity index is 1.79. The summed E-state index contributed by atoms with van der Waals surface area (Å²) in [6, 6.07) is 21.6. The second-order valence-electron chi connectivity index (χ2n) is 5.60. The number of thioether (sulfide) groups is 1. The van der Waals surface area contributed by atoms with E-state index in [1.165, 1.54) is 0 Å². The van der Waals surface area contributed by atoms with Crippen LogP contribution in [0.3, 0.4) is 0 Å². The number of anilines is 2. The van der Waals surface area contributed by atoms with Gasteiger partial charge in [-0.05, 0) is 36.1 Å². The second kappa shape index (κ2) is 7.41. The van der Waals surface area contributed by atoms with E-state index in [1.54, 1.807) is 11.8 Å². The molecule has 1 amide bonds. The average Bonchev–Trinajstić information content (AvgIpc) is 2.60. The minimum absolute atomic E-state index is 0.0151. The van der Waals surface area contributed by atoms with Crippen LogP contribution in [0.2, 0.25) is 0 Å². The topological polar surface area (TPSA) is 55.1 Å². The second-order valence-corrected chi connectivity index (χ2v) is 6.88. The number of benzene rings is 3. The fourth-order valence-electron chi connectivity index (χ4n) is 2.62. The minimum Gasteiger partial charge on any atom is -0.399 e. The lowest BCUT2D eigenvalue weighted by Gasteiger charge is -2.16. The number of nitrogen functional groups attached to an aromatic ring is 1. The third-order valence-electron chi connectivity index (χ3n) is 3.85. The van der Waals surface area contributed by atoms with Gasteiger partial charge < -0.3 is 11.1 Å². The number of carbonyl (C=O) groups excluding carboxylic acids is 1. The molecule has 1 unspecified atom stereocenters. The molecule has 0 aliphatic rings. The molecule has 3 aromatic carbocycles. The molecule has 3 rings (SSSR count). The number of nitrogens with one attached hydrogen (secondary N) is 1. The van der Waals surface area contributed by atoms with Gasteiger partial charge in [0.1, 0.15) is 0 Å². The molecule has 3 aromatic rings. The van der Waals surface area contributed by atoms with Crippen molar-refractivity contribution in [1.82, 2.24) is 0 Å². The summed E-state index contributed by atoms with van der Waals surface area (Å²) >= 11 is 1.54. The normalized spacial score (nSPS) is 12.0. The molecular formula is C20H20N2OS. The van der Waals surface area contributed by atoms with E-state index in [0.29, 0.717) is 5.69 Å². The first-order valence-corrected chi connectivity index (χ1v) is 8.86. The zero-order valence-corrected chi connectivity index (χ0v) is 14.3. The highest BCUT2D eigenvalue weighted by Gasteiger charge is 2.18. The fourth-order valence-corrected chi connectivity index (χ4v) is 3.64. The van der Waals surface area contributed by atoms with Gasteiger partial charge in [0.25, 0.3) is 0 Å². The molecule has 4 heteroatoms. The van der Waals surface area contributed by atoms with Crippen LogP contribution in [0, 0.1) is 0 Å². The molecule has 0 aromatic heterocycles. The van der Waals surface area contributed by atoms with Gasteiger partial charge in [-0.25, -0.2) is 0 Å². The van der Waals surface area contributed by atoms with Crippen LogP contribution in [0.25, 0.3) is 10.8 Å². The van der Waals surface area contributed by atoms with Gasteiger partial charge in [0, 0.05) is 21.7 Å². The Bertz CT molecular complexity index is 858. The zero-order chi connectivity index (χ0) is 16.9. The van der Waals surface area contributed by atoms with Gasteiger partial charge >= 0.3 is 0 Å². The van der Waals surface area contributed by atoms with Gasteiger partial charge in [0.05, 0.1) is 5.25 Å². The molecule has 24 heavy (non-hydrogen) atoms. The highest BCUT2D eigenvalue weighted by molar-refractivity contribution is 8.00. The zero-order valence-electron chi connectivity index (χ0n) is 13.5. The van der Waals surface area contributed by atoms with Crippen LogP contribution in [0.5, 0.6) is 0 Å². The molecule has 0 heterocycles. The number of fused-ring (bicyclic) bond motifs is 1. The van der Waals surface area contributed by atoms with Gasteiger partial charge in [-0.15, -0.1) is 11.8 Å². The first-order valence-electron chi connectivity index (χ1n) is 7.98. The van der Waals surface area contributed by atoms with Gasteiger partial charge in [-0.2, -0.15) is 0 Å². The summed E-state index contributed by atoms with van der Waals surface area (Å²) in [7, 11) is 0. The fraction of sp³-hybridized carbons (Fsp3) is 0.150. The van der Waals surface area contributed by atoms with Crippen molar-refractivity contribution >= 4 is 39.8 Å². The summed E-state index contributed by atoms with van der Waals surface area (Å²) in [5.74, 6) is 0.0151. The molecule has 1 atom stereocenters. The van der Waals surface area contributed by atoms with Gasteiger partial charge in [0.2, 0.25) is 5.91 Å². The molecule has 0 saturated heterocycles. The average molecular weight is 336 g/mol. The van der Waals surface area contributed by atoms with Crippen molar-refractivity contribution in [2.75, 3.05) is 11.1 Å². The smallest absolute Gasteiger partial charge is 0.237 e. The third kappa shape index (κ3) is 3.71. The Morgan fingerprint density at radius 3 is 2.62 bits per heavy atom. The molecular weight excluding hydrogens is 316 g/mol. The molecule has 0 aliphatic carbocycles. The lowest BCUT2D eigenvalue weighted by Crippen LogP contribution is -2.24. The predicted octanol–water partition coefficient (Wildman–Crippen LogP) is 4.93. The van der Waals surface area contributed by atoms with Crippen molar-refractivity contribution in [2.45, 2.75) is 23.5 Å². The maximum Gasteiger partial charge on any atom is 0.237 e. The Kier molecular flexibility index (Phi) is 5.06. The largest absolute Gasteiger partial charge is 0.399 e. The molecule has 0 fully saturated rings. The number of hydrogen-bond acceptors (Lipinski definition) is 3. The molecule has 122 valence electrons. The standard InChI is InChI=1S/C20H20N2OS/c1-2-19(24-16-10-6-9-15(21)13-16)20(23)22-18-12-5-8-14-7-3-4-11-17(14)18/h3-13,19H,2,21H2,1H3,(H,22,23). The summed E-state index contributed by atoms with van der Waals surface area (Å²) in [4.78, 5) is 13.7. The third-order valence-corrected chi connectivity index (χ3v) is 5.21. The summed E-state index contributed by atoms with van der Waals surface area (Å²) in [6.07, 6.45) is 0.746. The maximum absolute atomic E-state index is 12.7. The van der Waals surface area contributed by atoms with Crippen molar-refractivity contribution in [3.63, 3.8) is 0 Å². The highest BCUT2D eigenvalue weighted by atomic mass is 32.2. The molecule has 0 spiro atoms. The number of hydrogen-bond donors (Lipinski definition) is 2. The van der Waals surface area contributed by atoms with Crippen LogP contribution >= 0.6 is 11.8 Å². The number of nitrogens with two attached hydrogens (primary N) is 1. The van der Waals surface area contributed by atoms with Crippen molar-refractivity contribution < 1.29 is 4.79 Å². The molecule has 0 saturated carbocycles. The van der Waals surface area contributed by atoms with Crippen LogP contribution in [0.15, 0.2) is 71.6 Å². The number of carbonyl (C=O) groups is 1. The quantitative estimate of drug-likeness (QED) is 0.513. The first-order chi connectivity index (χ1) is 11.7. The van der Waals surface area contributed by atoms with Crippen molar-refractivity contribution in [2.24, 2.45) is 0 Å². The Hall–Kier alpha value is -2.46. The molecule has 3 N–H and O–H groups in total. The molecule has 0 aliphatic heterocycles. The number of rotatable bonds is 5. The van der Waals surface area contributed by atoms with E-state index in [-0.39, 0.29) is 11.2 Å². The van der Waals surface area contributed by atoms with Gasteiger partial charge in [-0.1, -0.05) is 49.4 Å². The predicted molar refractivity (Wildman–Crippen MR) is 103 cm³/mol. The summed E-state index contributed by atoms with van der Waals surface area (Å²) in [5, 5.41) is 5.09. The van der Waals surface area contributed by atoms with E-state index >= 15 is 0 Å². The van der Waals surface area contributed by atoms with Crippen molar-refractivity contribution in [1.29, 1.82) is 0 Å². The highest BCUT2D eigenvalue weighted by Crippen LogP contribution is 2.29. The summed E-state index contributed by atoms with van der Waals surface area (Å²) < 4.78 is 0. The van der Waals surface area contributed by atoms with Crippen LogP contribution in [0.1, 0.15) is 13.3 Å².